The molecule has 0 aromatic heterocycles. The van der Waals surface area contributed by atoms with Crippen LogP contribution in [0.3, 0.4) is 0 Å². The number of rotatable bonds is 2. The number of piperidine rings is 1. The highest BCUT2D eigenvalue weighted by Gasteiger charge is 2.43. The van der Waals surface area contributed by atoms with Crippen LogP contribution >= 0.6 is 0 Å². The van der Waals surface area contributed by atoms with Gasteiger partial charge in [0.2, 0.25) is 0 Å². The van der Waals surface area contributed by atoms with Gasteiger partial charge in [0.05, 0.1) is 0 Å². The molecule has 3 rings (SSSR count). The van der Waals surface area contributed by atoms with Crippen molar-refractivity contribution in [3.05, 3.63) is 35.9 Å². The van der Waals surface area contributed by atoms with E-state index in [2.05, 4.69) is 42.2 Å². The molecule has 2 fully saturated rings. The summed E-state index contributed by atoms with van der Waals surface area (Å²) in [6.07, 6.45) is 10.0. The summed E-state index contributed by atoms with van der Waals surface area (Å²) in [5.74, 6) is 0.880. The third-order valence-electron chi connectivity index (χ3n) is 5.55. The van der Waals surface area contributed by atoms with Gasteiger partial charge in [-0.1, -0.05) is 56.5 Å². The van der Waals surface area contributed by atoms with Crippen LogP contribution in [-0.2, 0) is 6.54 Å². The summed E-state index contributed by atoms with van der Waals surface area (Å²) in [4.78, 5) is 2.83. The molecule has 0 amide bonds. The molecular weight excluding hydrogens is 230 g/mol. The summed E-state index contributed by atoms with van der Waals surface area (Å²) in [5, 5.41) is 0. The summed E-state index contributed by atoms with van der Waals surface area (Å²) in [6.45, 7) is 4.97. The molecule has 104 valence electrons. The van der Waals surface area contributed by atoms with Crippen molar-refractivity contribution >= 4 is 0 Å². The molecule has 1 aliphatic carbocycles. The summed E-state index contributed by atoms with van der Waals surface area (Å²) in [5.41, 5.74) is 2.01. The molecule has 19 heavy (non-hydrogen) atoms. The monoisotopic (exact) mass is 257 g/mol. The van der Waals surface area contributed by atoms with Crippen molar-refractivity contribution in [3.8, 4) is 0 Å². The van der Waals surface area contributed by atoms with Crippen molar-refractivity contribution in [3.63, 3.8) is 0 Å². The standard InChI is InChI=1S/C18H27N/c1-16-9-5-6-12-18(16)13-7-8-14-19(18)15-17-10-3-2-4-11-17/h2-4,10-11,16H,5-9,12-15H2,1H3/t16-,18?/m1/s1. The Kier molecular flexibility index (Phi) is 3.93. The van der Waals surface area contributed by atoms with E-state index in [9.17, 15) is 0 Å². The second kappa shape index (κ2) is 5.66. The van der Waals surface area contributed by atoms with Crippen LogP contribution in [0.25, 0.3) is 0 Å². The average Bonchev–Trinajstić information content (AvgIpc) is 2.46. The largest absolute Gasteiger partial charge is 0.293 e. The minimum atomic E-state index is 0.520. The third-order valence-corrected chi connectivity index (χ3v) is 5.55. The van der Waals surface area contributed by atoms with E-state index in [1.807, 2.05) is 0 Å². The predicted molar refractivity (Wildman–Crippen MR) is 81.1 cm³/mol. The molecule has 1 saturated carbocycles. The van der Waals surface area contributed by atoms with Crippen LogP contribution in [0.4, 0.5) is 0 Å². The third kappa shape index (κ3) is 2.58. The normalized spacial score (nSPS) is 32.6. The second-order valence-corrected chi connectivity index (χ2v) is 6.61. The summed E-state index contributed by atoms with van der Waals surface area (Å²) in [6, 6.07) is 11.1. The Hall–Kier alpha value is -0.820. The van der Waals surface area contributed by atoms with Gasteiger partial charge in [-0.3, -0.25) is 4.90 Å². The summed E-state index contributed by atoms with van der Waals surface area (Å²) in [7, 11) is 0. The van der Waals surface area contributed by atoms with Crippen molar-refractivity contribution < 1.29 is 0 Å². The van der Waals surface area contributed by atoms with Gasteiger partial charge in [-0.15, -0.1) is 0 Å². The molecule has 1 spiro atoms. The molecular formula is C18H27N. The van der Waals surface area contributed by atoms with Crippen molar-refractivity contribution in [1.29, 1.82) is 0 Å². The highest BCUT2D eigenvalue weighted by atomic mass is 15.2. The van der Waals surface area contributed by atoms with Crippen LogP contribution < -0.4 is 0 Å². The fraction of sp³-hybridized carbons (Fsp3) is 0.667. The van der Waals surface area contributed by atoms with Crippen LogP contribution in [0.15, 0.2) is 30.3 Å². The van der Waals surface area contributed by atoms with Crippen LogP contribution in [0.5, 0.6) is 0 Å². The Morgan fingerprint density at radius 1 is 1.05 bits per heavy atom. The first-order chi connectivity index (χ1) is 9.31. The highest BCUT2D eigenvalue weighted by molar-refractivity contribution is 5.15. The molecule has 1 heteroatoms. The average molecular weight is 257 g/mol. The van der Waals surface area contributed by atoms with Gasteiger partial charge in [-0.05, 0) is 43.7 Å². The Bertz CT molecular complexity index is 393. The lowest BCUT2D eigenvalue weighted by atomic mass is 9.68. The van der Waals surface area contributed by atoms with Gasteiger partial charge in [-0.25, -0.2) is 0 Å². The maximum Gasteiger partial charge on any atom is 0.0239 e. The van der Waals surface area contributed by atoms with Crippen LogP contribution in [0.2, 0.25) is 0 Å². The molecule has 1 saturated heterocycles. The lowest BCUT2D eigenvalue weighted by Gasteiger charge is -2.53. The van der Waals surface area contributed by atoms with E-state index in [0.29, 0.717) is 5.54 Å². The molecule has 2 atom stereocenters. The molecule has 0 radical (unpaired) electrons. The topological polar surface area (TPSA) is 3.24 Å². The van der Waals surface area contributed by atoms with E-state index in [1.54, 1.807) is 0 Å². The number of benzene rings is 1. The zero-order valence-electron chi connectivity index (χ0n) is 12.3. The van der Waals surface area contributed by atoms with E-state index in [4.69, 9.17) is 0 Å². The van der Waals surface area contributed by atoms with Gasteiger partial charge in [0.25, 0.3) is 0 Å². The zero-order chi connectivity index (χ0) is 13.1. The lowest BCUT2D eigenvalue weighted by Crippen LogP contribution is -2.56. The molecule has 1 aromatic carbocycles. The van der Waals surface area contributed by atoms with Gasteiger partial charge in [-0.2, -0.15) is 0 Å². The molecule has 1 aromatic rings. The van der Waals surface area contributed by atoms with Gasteiger partial charge in [0, 0.05) is 12.1 Å². The minimum Gasteiger partial charge on any atom is -0.293 e. The zero-order valence-corrected chi connectivity index (χ0v) is 12.3. The van der Waals surface area contributed by atoms with E-state index in [-0.39, 0.29) is 0 Å². The summed E-state index contributed by atoms with van der Waals surface area (Å²) >= 11 is 0. The molecule has 0 N–H and O–H groups in total. The van der Waals surface area contributed by atoms with Crippen molar-refractivity contribution in [2.24, 2.45) is 5.92 Å². The van der Waals surface area contributed by atoms with E-state index >= 15 is 0 Å². The molecule has 1 unspecified atom stereocenters. The molecule has 1 heterocycles. The molecule has 1 nitrogen and oxygen atoms in total. The summed E-state index contributed by atoms with van der Waals surface area (Å²) < 4.78 is 0. The first-order valence-corrected chi connectivity index (χ1v) is 8.10. The van der Waals surface area contributed by atoms with Crippen LogP contribution in [-0.4, -0.2) is 17.0 Å². The maximum atomic E-state index is 2.83. The fourth-order valence-electron chi connectivity index (χ4n) is 4.39. The lowest BCUT2D eigenvalue weighted by molar-refractivity contribution is -0.0301. The molecule has 2 aliphatic rings. The Balaban J connectivity index is 1.80. The van der Waals surface area contributed by atoms with Crippen LogP contribution in [0.1, 0.15) is 57.4 Å². The van der Waals surface area contributed by atoms with Crippen molar-refractivity contribution in [2.75, 3.05) is 6.54 Å². The first kappa shape index (κ1) is 13.2. The van der Waals surface area contributed by atoms with Gasteiger partial charge in [0.1, 0.15) is 0 Å². The highest BCUT2D eigenvalue weighted by Crippen LogP contribution is 2.44. The maximum absolute atomic E-state index is 2.83. The van der Waals surface area contributed by atoms with E-state index in [1.165, 1.54) is 57.1 Å². The minimum absolute atomic E-state index is 0.520. The van der Waals surface area contributed by atoms with E-state index < -0.39 is 0 Å². The predicted octanol–water partition coefficient (Wildman–Crippen LogP) is 4.62. The number of nitrogens with zero attached hydrogens (tertiary/aromatic N) is 1. The SMILES string of the molecule is C[C@@H]1CCCCC12CCCCN2Cc1ccccc1. The molecule has 1 aliphatic heterocycles. The smallest absolute Gasteiger partial charge is 0.0239 e. The van der Waals surface area contributed by atoms with Gasteiger partial charge in [0.15, 0.2) is 0 Å². The Labute approximate surface area is 118 Å². The number of hydrogen-bond acceptors (Lipinski definition) is 1. The van der Waals surface area contributed by atoms with Crippen molar-refractivity contribution in [1.82, 2.24) is 4.90 Å². The van der Waals surface area contributed by atoms with Crippen LogP contribution in [0, 0.1) is 5.92 Å². The van der Waals surface area contributed by atoms with Gasteiger partial charge >= 0.3 is 0 Å². The van der Waals surface area contributed by atoms with Crippen molar-refractivity contribution in [2.45, 2.75) is 64.0 Å². The first-order valence-electron chi connectivity index (χ1n) is 8.10. The fourth-order valence-corrected chi connectivity index (χ4v) is 4.39. The number of hydrogen-bond donors (Lipinski definition) is 0. The molecule has 0 bridgehead atoms. The Morgan fingerprint density at radius 2 is 1.79 bits per heavy atom. The second-order valence-electron chi connectivity index (χ2n) is 6.61. The number of likely N-dealkylation sites (tertiary alicyclic amines) is 1. The quantitative estimate of drug-likeness (QED) is 0.747. The Morgan fingerprint density at radius 3 is 2.58 bits per heavy atom. The van der Waals surface area contributed by atoms with Gasteiger partial charge < -0.3 is 0 Å². The van der Waals surface area contributed by atoms with E-state index in [0.717, 1.165) is 12.5 Å².